The van der Waals surface area contributed by atoms with Crippen molar-refractivity contribution in [2.75, 3.05) is 19.6 Å². The maximum Gasteiger partial charge on any atom is 0.321 e. The van der Waals surface area contributed by atoms with Crippen LogP contribution in [0.3, 0.4) is 0 Å². The van der Waals surface area contributed by atoms with Crippen molar-refractivity contribution in [3.05, 3.63) is 0 Å². The number of rotatable bonds is 3. The van der Waals surface area contributed by atoms with E-state index in [1.165, 1.54) is 0 Å². The number of β-amino-alcohol motifs (C(OH)–C–C–N with tert-alkyl or cyclic N) is 1. The molecular weight excluding hydrogens is 222 g/mol. The first kappa shape index (κ1) is 12.3. The van der Waals surface area contributed by atoms with Crippen LogP contribution in [0, 0.1) is 0 Å². The predicted octanol–water partition coefficient (Wildman–Crippen LogP) is -0.569. The van der Waals surface area contributed by atoms with E-state index in [9.17, 15) is 14.7 Å². The maximum absolute atomic E-state index is 11.5. The molecule has 2 rings (SSSR count). The SMILES string of the molecule is O=C(CN1CCC[C@H](O)C1)NC(=O)NC1CC1. The summed E-state index contributed by atoms with van der Waals surface area (Å²) in [7, 11) is 0. The standard InChI is InChI=1S/C11H19N3O3/c15-9-2-1-5-14(6-9)7-10(16)13-11(17)12-8-3-4-8/h8-9,15H,1-7H2,(H2,12,13,16,17)/t9-/m0/s1. The lowest BCUT2D eigenvalue weighted by atomic mass is 10.1. The molecule has 96 valence electrons. The van der Waals surface area contributed by atoms with Crippen LogP contribution in [0.4, 0.5) is 4.79 Å². The van der Waals surface area contributed by atoms with Crippen LogP contribution in [-0.2, 0) is 4.79 Å². The Hall–Kier alpha value is -1.14. The van der Waals surface area contributed by atoms with Crippen LogP contribution in [0.5, 0.6) is 0 Å². The first-order valence-electron chi connectivity index (χ1n) is 6.14. The van der Waals surface area contributed by atoms with Crippen molar-refractivity contribution in [1.82, 2.24) is 15.5 Å². The number of hydrogen-bond acceptors (Lipinski definition) is 4. The number of carbonyl (C=O) groups is 2. The molecule has 1 saturated carbocycles. The average Bonchev–Trinajstić information content (AvgIpc) is 3.00. The molecule has 1 heterocycles. The summed E-state index contributed by atoms with van der Waals surface area (Å²) in [5, 5.41) is 14.4. The number of nitrogens with zero attached hydrogens (tertiary/aromatic N) is 1. The van der Waals surface area contributed by atoms with E-state index in [2.05, 4.69) is 10.6 Å². The summed E-state index contributed by atoms with van der Waals surface area (Å²) >= 11 is 0. The van der Waals surface area contributed by atoms with Gasteiger partial charge in [-0.15, -0.1) is 0 Å². The van der Waals surface area contributed by atoms with E-state index in [1.54, 1.807) is 0 Å². The van der Waals surface area contributed by atoms with Crippen molar-refractivity contribution in [3.8, 4) is 0 Å². The number of urea groups is 1. The fraction of sp³-hybridized carbons (Fsp3) is 0.818. The zero-order valence-electron chi connectivity index (χ0n) is 9.82. The molecule has 2 aliphatic rings. The highest BCUT2D eigenvalue weighted by molar-refractivity contribution is 5.95. The van der Waals surface area contributed by atoms with Crippen molar-refractivity contribution in [3.63, 3.8) is 0 Å². The smallest absolute Gasteiger partial charge is 0.321 e. The highest BCUT2D eigenvalue weighted by atomic mass is 16.3. The Bertz CT molecular complexity index is 304. The lowest BCUT2D eigenvalue weighted by Crippen LogP contribution is -2.48. The molecule has 1 aliphatic heterocycles. The summed E-state index contributed by atoms with van der Waals surface area (Å²) in [6.07, 6.45) is 3.33. The Labute approximate surface area is 100 Å². The Morgan fingerprint density at radius 2 is 2.06 bits per heavy atom. The lowest BCUT2D eigenvalue weighted by molar-refractivity contribution is -0.121. The molecule has 0 radical (unpaired) electrons. The number of nitrogens with one attached hydrogen (secondary N) is 2. The van der Waals surface area contributed by atoms with Crippen LogP contribution in [-0.4, -0.2) is 53.7 Å². The predicted molar refractivity (Wildman–Crippen MR) is 61.4 cm³/mol. The molecule has 0 aromatic rings. The van der Waals surface area contributed by atoms with Gasteiger partial charge in [-0.1, -0.05) is 0 Å². The summed E-state index contributed by atoms with van der Waals surface area (Å²) < 4.78 is 0. The van der Waals surface area contributed by atoms with E-state index in [0.717, 1.165) is 32.2 Å². The third-order valence-electron chi connectivity index (χ3n) is 3.01. The monoisotopic (exact) mass is 241 g/mol. The van der Waals surface area contributed by atoms with E-state index >= 15 is 0 Å². The minimum atomic E-state index is -0.407. The van der Waals surface area contributed by atoms with Gasteiger partial charge in [0.1, 0.15) is 0 Å². The minimum Gasteiger partial charge on any atom is -0.392 e. The second-order valence-corrected chi connectivity index (χ2v) is 4.83. The van der Waals surface area contributed by atoms with E-state index in [0.29, 0.717) is 6.54 Å². The Balaban J connectivity index is 1.66. The van der Waals surface area contributed by atoms with Gasteiger partial charge in [0.15, 0.2) is 0 Å². The van der Waals surface area contributed by atoms with Crippen LogP contribution in [0.15, 0.2) is 0 Å². The highest BCUT2D eigenvalue weighted by Crippen LogP contribution is 2.18. The van der Waals surface area contributed by atoms with E-state index in [1.807, 2.05) is 4.90 Å². The molecule has 0 aromatic carbocycles. The van der Waals surface area contributed by atoms with Gasteiger partial charge in [0.25, 0.3) is 0 Å². The molecule has 3 N–H and O–H groups in total. The molecule has 0 bridgehead atoms. The van der Waals surface area contributed by atoms with Crippen LogP contribution >= 0.6 is 0 Å². The van der Waals surface area contributed by atoms with Crippen molar-refractivity contribution >= 4 is 11.9 Å². The summed E-state index contributed by atoms with van der Waals surface area (Å²) in [5.41, 5.74) is 0. The van der Waals surface area contributed by atoms with Gasteiger partial charge in [0.2, 0.25) is 5.91 Å². The third kappa shape index (κ3) is 4.32. The maximum atomic E-state index is 11.5. The molecule has 6 nitrogen and oxygen atoms in total. The first-order valence-corrected chi connectivity index (χ1v) is 6.14. The molecule has 0 spiro atoms. The minimum absolute atomic E-state index is 0.176. The number of aliphatic hydroxyl groups excluding tert-OH is 1. The van der Waals surface area contributed by atoms with Gasteiger partial charge < -0.3 is 10.4 Å². The first-order chi connectivity index (χ1) is 8.13. The number of piperidine rings is 1. The zero-order chi connectivity index (χ0) is 12.3. The van der Waals surface area contributed by atoms with E-state index in [4.69, 9.17) is 0 Å². The fourth-order valence-electron chi connectivity index (χ4n) is 1.99. The van der Waals surface area contributed by atoms with Crippen molar-refractivity contribution in [1.29, 1.82) is 0 Å². The van der Waals surface area contributed by atoms with Crippen molar-refractivity contribution in [2.45, 2.75) is 37.8 Å². The summed E-state index contributed by atoms with van der Waals surface area (Å²) in [6.45, 7) is 1.49. The summed E-state index contributed by atoms with van der Waals surface area (Å²) in [6, 6.07) is -0.158. The van der Waals surface area contributed by atoms with Gasteiger partial charge in [0, 0.05) is 12.6 Å². The molecule has 0 aromatic heterocycles. The second-order valence-electron chi connectivity index (χ2n) is 4.83. The second kappa shape index (κ2) is 5.46. The number of likely N-dealkylation sites (tertiary alicyclic amines) is 1. The fourth-order valence-corrected chi connectivity index (χ4v) is 1.99. The number of imide groups is 1. The van der Waals surface area contributed by atoms with Gasteiger partial charge >= 0.3 is 6.03 Å². The lowest BCUT2D eigenvalue weighted by Gasteiger charge is -2.29. The van der Waals surface area contributed by atoms with Crippen LogP contribution in [0.2, 0.25) is 0 Å². The number of aliphatic hydroxyl groups is 1. The van der Waals surface area contributed by atoms with Gasteiger partial charge in [-0.2, -0.15) is 0 Å². The Morgan fingerprint density at radius 3 is 2.71 bits per heavy atom. The number of carbonyl (C=O) groups excluding carboxylic acids is 2. The van der Waals surface area contributed by atoms with E-state index in [-0.39, 0.29) is 24.6 Å². The van der Waals surface area contributed by atoms with Gasteiger partial charge in [-0.3, -0.25) is 15.0 Å². The average molecular weight is 241 g/mol. The highest BCUT2D eigenvalue weighted by Gasteiger charge is 2.25. The van der Waals surface area contributed by atoms with Gasteiger partial charge in [0.05, 0.1) is 12.6 Å². The molecule has 3 amide bonds. The molecule has 17 heavy (non-hydrogen) atoms. The van der Waals surface area contributed by atoms with Crippen LogP contribution < -0.4 is 10.6 Å². The molecule has 6 heteroatoms. The van der Waals surface area contributed by atoms with Crippen LogP contribution in [0.25, 0.3) is 0 Å². The normalized spacial score (nSPS) is 25.4. The molecule has 2 fully saturated rings. The Kier molecular flexibility index (Phi) is 3.96. The summed E-state index contributed by atoms with van der Waals surface area (Å²) in [5.74, 6) is -0.308. The summed E-state index contributed by atoms with van der Waals surface area (Å²) in [4.78, 5) is 24.7. The topological polar surface area (TPSA) is 81.7 Å². The van der Waals surface area contributed by atoms with Gasteiger partial charge in [-0.05, 0) is 32.2 Å². The van der Waals surface area contributed by atoms with Crippen molar-refractivity contribution in [2.24, 2.45) is 0 Å². The third-order valence-corrected chi connectivity index (χ3v) is 3.01. The number of hydrogen-bond donors (Lipinski definition) is 3. The quantitative estimate of drug-likeness (QED) is 0.618. The van der Waals surface area contributed by atoms with Gasteiger partial charge in [-0.25, -0.2) is 4.79 Å². The zero-order valence-corrected chi connectivity index (χ0v) is 9.82. The van der Waals surface area contributed by atoms with E-state index < -0.39 is 6.03 Å². The largest absolute Gasteiger partial charge is 0.392 e. The molecular formula is C11H19N3O3. The molecule has 0 unspecified atom stereocenters. The molecule has 1 atom stereocenters. The Morgan fingerprint density at radius 1 is 1.29 bits per heavy atom. The van der Waals surface area contributed by atoms with Crippen molar-refractivity contribution < 1.29 is 14.7 Å². The molecule has 1 saturated heterocycles. The molecule has 1 aliphatic carbocycles. The number of amides is 3. The van der Waals surface area contributed by atoms with Crippen LogP contribution in [0.1, 0.15) is 25.7 Å².